The Morgan fingerprint density at radius 1 is 1.25 bits per heavy atom. The molecule has 154 valence electrons. The number of rotatable bonds is 9. The second-order valence-electron chi connectivity index (χ2n) is 7.43. The maximum Gasteiger partial charge on any atom is 0.237 e. The lowest BCUT2D eigenvalue weighted by molar-refractivity contribution is -0.128. The first kappa shape index (κ1) is 20.5. The fourth-order valence-corrected chi connectivity index (χ4v) is 3.20. The summed E-state index contributed by atoms with van der Waals surface area (Å²) in [6.45, 7) is 5.99. The van der Waals surface area contributed by atoms with Crippen LogP contribution in [0.1, 0.15) is 19.8 Å². The number of halogens is 1. The summed E-state index contributed by atoms with van der Waals surface area (Å²) >= 11 is 0. The van der Waals surface area contributed by atoms with Gasteiger partial charge in [0.2, 0.25) is 11.8 Å². The van der Waals surface area contributed by atoms with Crippen molar-refractivity contribution in [3.8, 4) is 5.75 Å². The van der Waals surface area contributed by atoms with Gasteiger partial charge in [-0.2, -0.15) is 0 Å². The SMILES string of the molecule is CC(C(=O)NC1CC1)N1CCN(CC(=O)NCCOc2cccc(F)c2)CC1. The van der Waals surface area contributed by atoms with E-state index in [4.69, 9.17) is 4.74 Å². The summed E-state index contributed by atoms with van der Waals surface area (Å²) in [4.78, 5) is 28.5. The van der Waals surface area contributed by atoms with E-state index in [1.807, 2.05) is 6.92 Å². The van der Waals surface area contributed by atoms with Gasteiger partial charge < -0.3 is 15.4 Å². The van der Waals surface area contributed by atoms with Crippen LogP contribution in [-0.2, 0) is 9.59 Å². The first-order valence-corrected chi connectivity index (χ1v) is 9.93. The average Bonchev–Trinajstić information content (AvgIpc) is 3.49. The number of hydrogen-bond acceptors (Lipinski definition) is 5. The molecule has 2 aliphatic rings. The van der Waals surface area contributed by atoms with Crippen molar-refractivity contribution in [2.45, 2.75) is 31.8 Å². The minimum atomic E-state index is -0.347. The first-order valence-electron chi connectivity index (χ1n) is 9.93. The highest BCUT2D eigenvalue weighted by Gasteiger charge is 2.30. The zero-order valence-electron chi connectivity index (χ0n) is 16.3. The van der Waals surface area contributed by atoms with E-state index in [1.165, 1.54) is 12.1 Å². The summed E-state index contributed by atoms with van der Waals surface area (Å²) in [6, 6.07) is 6.18. The van der Waals surface area contributed by atoms with E-state index in [0.29, 0.717) is 24.9 Å². The van der Waals surface area contributed by atoms with Crippen molar-refractivity contribution in [2.75, 3.05) is 45.9 Å². The van der Waals surface area contributed by atoms with Crippen molar-refractivity contribution in [3.63, 3.8) is 0 Å². The van der Waals surface area contributed by atoms with Crippen molar-refractivity contribution in [1.29, 1.82) is 0 Å². The van der Waals surface area contributed by atoms with Gasteiger partial charge in [0.25, 0.3) is 0 Å². The lowest BCUT2D eigenvalue weighted by Crippen LogP contribution is -2.55. The van der Waals surface area contributed by atoms with E-state index in [9.17, 15) is 14.0 Å². The van der Waals surface area contributed by atoms with E-state index in [-0.39, 0.29) is 30.3 Å². The predicted molar refractivity (Wildman–Crippen MR) is 104 cm³/mol. The molecule has 1 saturated heterocycles. The number of piperazine rings is 1. The zero-order chi connectivity index (χ0) is 19.9. The van der Waals surface area contributed by atoms with Gasteiger partial charge in [0.1, 0.15) is 18.2 Å². The van der Waals surface area contributed by atoms with E-state index in [2.05, 4.69) is 20.4 Å². The van der Waals surface area contributed by atoms with Gasteiger partial charge >= 0.3 is 0 Å². The lowest BCUT2D eigenvalue weighted by atomic mass is 10.2. The van der Waals surface area contributed by atoms with Gasteiger partial charge in [-0.25, -0.2) is 4.39 Å². The van der Waals surface area contributed by atoms with E-state index in [1.54, 1.807) is 12.1 Å². The van der Waals surface area contributed by atoms with Gasteiger partial charge in [-0.1, -0.05) is 6.07 Å². The topological polar surface area (TPSA) is 73.9 Å². The number of carbonyl (C=O) groups is 2. The first-order chi connectivity index (χ1) is 13.5. The van der Waals surface area contributed by atoms with E-state index < -0.39 is 0 Å². The van der Waals surface area contributed by atoms with Crippen molar-refractivity contribution in [2.24, 2.45) is 0 Å². The second kappa shape index (κ2) is 9.84. The summed E-state index contributed by atoms with van der Waals surface area (Å²) in [6.07, 6.45) is 2.18. The number of nitrogens with zero attached hydrogens (tertiary/aromatic N) is 2. The molecule has 0 aromatic heterocycles. The number of nitrogens with one attached hydrogen (secondary N) is 2. The molecule has 2 N–H and O–H groups in total. The Morgan fingerprint density at radius 2 is 2.00 bits per heavy atom. The number of hydrogen-bond donors (Lipinski definition) is 2. The van der Waals surface area contributed by atoms with Crippen LogP contribution in [0.25, 0.3) is 0 Å². The third-order valence-corrected chi connectivity index (χ3v) is 5.11. The van der Waals surface area contributed by atoms with E-state index in [0.717, 1.165) is 39.0 Å². The van der Waals surface area contributed by atoms with Crippen LogP contribution in [0.5, 0.6) is 5.75 Å². The molecule has 1 aliphatic carbocycles. The molecule has 0 spiro atoms. The Bertz CT molecular complexity index is 675. The standard InChI is InChI=1S/C20H29FN4O3/c1-15(20(27)23-17-5-6-17)25-10-8-24(9-11-25)14-19(26)22-7-12-28-18-4-2-3-16(21)13-18/h2-4,13,15,17H,5-12,14H2,1H3,(H,22,26)(H,23,27). The predicted octanol–water partition coefficient (Wildman–Crippen LogP) is 0.605. The molecule has 1 aliphatic heterocycles. The summed E-state index contributed by atoms with van der Waals surface area (Å²) in [7, 11) is 0. The maximum atomic E-state index is 13.1. The Balaban J connectivity index is 1.28. The summed E-state index contributed by atoms with van der Waals surface area (Å²) in [5.74, 6) is 0.146. The largest absolute Gasteiger partial charge is 0.492 e. The van der Waals surface area contributed by atoms with Crippen LogP contribution in [-0.4, -0.2) is 79.6 Å². The molecule has 1 aromatic carbocycles. The van der Waals surface area contributed by atoms with Crippen LogP contribution < -0.4 is 15.4 Å². The molecule has 1 unspecified atom stereocenters. The highest BCUT2D eigenvalue weighted by molar-refractivity contribution is 5.82. The monoisotopic (exact) mass is 392 g/mol. The normalized spacial score (nSPS) is 19.1. The summed E-state index contributed by atoms with van der Waals surface area (Å²) in [5, 5.41) is 5.87. The Hall–Kier alpha value is -2.19. The number of amides is 2. The van der Waals surface area contributed by atoms with Gasteiger partial charge in [0, 0.05) is 38.3 Å². The molecule has 0 radical (unpaired) electrons. The van der Waals surface area contributed by atoms with Gasteiger partial charge in [-0.3, -0.25) is 19.4 Å². The fraction of sp³-hybridized carbons (Fsp3) is 0.600. The van der Waals surface area contributed by atoms with Crippen LogP contribution in [0.3, 0.4) is 0 Å². The van der Waals surface area contributed by atoms with Gasteiger partial charge in [-0.15, -0.1) is 0 Å². The Morgan fingerprint density at radius 3 is 2.68 bits per heavy atom. The molecule has 2 amide bonds. The number of carbonyl (C=O) groups excluding carboxylic acids is 2. The smallest absolute Gasteiger partial charge is 0.237 e. The third-order valence-electron chi connectivity index (χ3n) is 5.11. The molecular formula is C20H29FN4O3. The van der Waals surface area contributed by atoms with Crippen LogP contribution in [0.4, 0.5) is 4.39 Å². The molecule has 1 atom stereocenters. The Kier molecular flexibility index (Phi) is 7.22. The third kappa shape index (κ3) is 6.45. The molecular weight excluding hydrogens is 363 g/mol. The van der Waals surface area contributed by atoms with E-state index >= 15 is 0 Å². The van der Waals surface area contributed by atoms with Crippen molar-refractivity contribution < 1.29 is 18.7 Å². The summed E-state index contributed by atoms with van der Waals surface area (Å²) < 4.78 is 18.5. The van der Waals surface area contributed by atoms with Gasteiger partial charge in [-0.05, 0) is 31.9 Å². The molecule has 3 rings (SSSR count). The molecule has 1 heterocycles. The molecule has 28 heavy (non-hydrogen) atoms. The molecule has 1 aromatic rings. The lowest BCUT2D eigenvalue weighted by Gasteiger charge is -2.37. The molecule has 7 nitrogen and oxygen atoms in total. The molecule has 8 heteroatoms. The summed E-state index contributed by atoms with van der Waals surface area (Å²) in [5.41, 5.74) is 0. The second-order valence-corrected chi connectivity index (χ2v) is 7.43. The Labute approximate surface area is 165 Å². The zero-order valence-corrected chi connectivity index (χ0v) is 16.3. The highest BCUT2D eigenvalue weighted by Crippen LogP contribution is 2.19. The number of benzene rings is 1. The van der Waals surface area contributed by atoms with Crippen LogP contribution in [0.15, 0.2) is 24.3 Å². The van der Waals surface area contributed by atoms with Crippen LogP contribution in [0, 0.1) is 5.82 Å². The molecule has 2 fully saturated rings. The minimum Gasteiger partial charge on any atom is -0.492 e. The average molecular weight is 392 g/mol. The fourth-order valence-electron chi connectivity index (χ4n) is 3.20. The highest BCUT2D eigenvalue weighted by atomic mass is 19.1. The van der Waals surface area contributed by atoms with Crippen molar-refractivity contribution in [3.05, 3.63) is 30.1 Å². The number of ether oxygens (including phenoxy) is 1. The van der Waals surface area contributed by atoms with Gasteiger partial charge in [0.15, 0.2) is 0 Å². The quantitative estimate of drug-likeness (QED) is 0.603. The maximum absolute atomic E-state index is 13.1. The minimum absolute atomic E-state index is 0.0594. The molecule has 1 saturated carbocycles. The van der Waals surface area contributed by atoms with Crippen molar-refractivity contribution in [1.82, 2.24) is 20.4 Å². The molecule has 0 bridgehead atoms. The van der Waals surface area contributed by atoms with Crippen LogP contribution in [0.2, 0.25) is 0 Å². The van der Waals surface area contributed by atoms with Gasteiger partial charge in [0.05, 0.1) is 19.1 Å². The van der Waals surface area contributed by atoms with Crippen LogP contribution >= 0.6 is 0 Å². The van der Waals surface area contributed by atoms with Crippen molar-refractivity contribution >= 4 is 11.8 Å².